The molecule has 0 radical (unpaired) electrons. The van der Waals surface area contributed by atoms with Crippen molar-refractivity contribution >= 4 is 46.1 Å². The van der Waals surface area contributed by atoms with Crippen LogP contribution in [0.3, 0.4) is 0 Å². The number of rotatable bonds is 4. The Morgan fingerprint density at radius 2 is 1.89 bits per heavy atom. The maximum absolute atomic E-state index is 12.6. The van der Waals surface area contributed by atoms with E-state index in [1.807, 2.05) is 13.8 Å². The van der Waals surface area contributed by atoms with Crippen LogP contribution in [0.15, 0.2) is 52.4 Å². The number of hydrogen-bond donors (Lipinski definition) is 1. The number of benzene rings is 2. The number of nitrogens with one attached hydrogen (secondary N) is 1. The molecule has 6 nitrogen and oxygen atoms in total. The first-order valence-electron chi connectivity index (χ1n) is 8.18. The van der Waals surface area contributed by atoms with Gasteiger partial charge in [-0.15, -0.1) is 0 Å². The third-order valence-electron chi connectivity index (χ3n) is 3.86. The summed E-state index contributed by atoms with van der Waals surface area (Å²) in [6, 6.07) is 11.6. The lowest BCUT2D eigenvalue weighted by Gasteiger charge is -2.12. The van der Waals surface area contributed by atoms with E-state index in [2.05, 4.69) is 15.6 Å². The molecule has 8 heteroatoms. The van der Waals surface area contributed by atoms with Gasteiger partial charge in [-0.1, -0.05) is 47.5 Å². The number of nitrogens with zero attached hydrogens (tertiary/aromatic N) is 3. The molecule has 1 heterocycles. The zero-order valence-electron chi connectivity index (χ0n) is 14.6. The van der Waals surface area contributed by atoms with E-state index in [4.69, 9.17) is 23.2 Å². The summed E-state index contributed by atoms with van der Waals surface area (Å²) < 4.78 is 1.29. The topological polar surface area (TPSA) is 76.3 Å². The van der Waals surface area contributed by atoms with Crippen LogP contribution >= 0.6 is 23.2 Å². The summed E-state index contributed by atoms with van der Waals surface area (Å²) in [7, 11) is 0. The number of fused-ring (bicyclic) bond motifs is 1. The molecular formula is C19H16Cl2N4O2. The Hall–Kier alpha value is -2.70. The molecule has 0 aliphatic rings. The maximum Gasteiger partial charge on any atom is 0.292 e. The van der Waals surface area contributed by atoms with Crippen molar-refractivity contribution in [1.29, 1.82) is 0 Å². The lowest BCUT2D eigenvalue weighted by Crippen LogP contribution is -2.30. The molecule has 3 aromatic rings. The molecule has 1 N–H and O–H groups in total. The molecule has 0 aliphatic carbocycles. The van der Waals surface area contributed by atoms with Gasteiger partial charge in [0.2, 0.25) is 0 Å². The summed E-state index contributed by atoms with van der Waals surface area (Å²) in [6.45, 7) is 3.65. The highest BCUT2D eigenvalue weighted by molar-refractivity contribution is 6.36. The van der Waals surface area contributed by atoms with Gasteiger partial charge in [-0.25, -0.2) is 10.1 Å². The Bertz CT molecular complexity index is 1110. The van der Waals surface area contributed by atoms with E-state index >= 15 is 0 Å². The van der Waals surface area contributed by atoms with Crippen molar-refractivity contribution in [1.82, 2.24) is 15.2 Å². The second-order valence-corrected chi connectivity index (χ2v) is 6.95. The first-order chi connectivity index (χ1) is 12.9. The lowest BCUT2D eigenvalue weighted by molar-refractivity contribution is 0.0949. The first-order valence-corrected chi connectivity index (χ1v) is 8.94. The summed E-state index contributed by atoms with van der Waals surface area (Å²) in [4.78, 5) is 25.1. The zero-order valence-corrected chi connectivity index (χ0v) is 16.1. The summed E-state index contributed by atoms with van der Waals surface area (Å²) in [6.07, 6.45) is 1.41. The quantitative estimate of drug-likeness (QED) is 0.528. The number of hydrogen-bond acceptors (Lipinski definition) is 4. The van der Waals surface area contributed by atoms with Crippen molar-refractivity contribution in [2.45, 2.75) is 19.9 Å². The van der Waals surface area contributed by atoms with Gasteiger partial charge in [0, 0.05) is 16.0 Å². The number of carbonyl (C=O) groups is 1. The van der Waals surface area contributed by atoms with Crippen LogP contribution in [0.5, 0.6) is 0 Å². The van der Waals surface area contributed by atoms with Crippen LogP contribution in [0.2, 0.25) is 10.0 Å². The number of halogens is 2. The van der Waals surface area contributed by atoms with E-state index in [0.717, 1.165) is 0 Å². The molecule has 0 saturated heterocycles. The molecule has 0 aliphatic heterocycles. The zero-order chi connectivity index (χ0) is 19.6. The summed E-state index contributed by atoms with van der Waals surface area (Å²) in [5.41, 5.74) is 2.91. The van der Waals surface area contributed by atoms with E-state index in [1.54, 1.807) is 42.5 Å². The molecular weight excluding hydrogens is 387 g/mol. The van der Waals surface area contributed by atoms with Gasteiger partial charge in [-0.05, 0) is 32.0 Å². The standard InChI is InChI=1S/C19H16Cl2N4O2/c1-11(2)25-19(27)15-6-4-3-5-14(15)17(24-25)18(26)23-22-10-12-7-8-13(20)9-16(12)21/h3-11H,1-2H3,(H,23,26)/b22-10-. The second kappa shape index (κ2) is 7.90. The van der Waals surface area contributed by atoms with Crippen molar-refractivity contribution in [3.05, 3.63) is 74.1 Å². The van der Waals surface area contributed by atoms with Gasteiger partial charge in [-0.3, -0.25) is 9.59 Å². The molecule has 3 rings (SSSR count). The molecule has 0 saturated carbocycles. The van der Waals surface area contributed by atoms with Crippen molar-refractivity contribution in [2.75, 3.05) is 0 Å². The van der Waals surface area contributed by atoms with Crippen LogP contribution in [0.1, 0.15) is 35.9 Å². The summed E-state index contributed by atoms with van der Waals surface area (Å²) in [5, 5.41) is 9.98. The van der Waals surface area contributed by atoms with E-state index in [-0.39, 0.29) is 17.3 Å². The van der Waals surface area contributed by atoms with Gasteiger partial charge in [0.05, 0.1) is 22.7 Å². The molecule has 1 aromatic heterocycles. The average molecular weight is 403 g/mol. The van der Waals surface area contributed by atoms with Crippen molar-refractivity contribution in [3.63, 3.8) is 0 Å². The molecule has 1 amide bonds. The number of hydrazone groups is 1. The van der Waals surface area contributed by atoms with Gasteiger partial charge in [-0.2, -0.15) is 10.2 Å². The molecule has 2 aromatic carbocycles. The monoisotopic (exact) mass is 402 g/mol. The first kappa shape index (κ1) is 19.1. The van der Waals surface area contributed by atoms with E-state index < -0.39 is 5.91 Å². The summed E-state index contributed by atoms with van der Waals surface area (Å²) >= 11 is 11.9. The van der Waals surface area contributed by atoms with Gasteiger partial charge >= 0.3 is 0 Å². The number of carbonyl (C=O) groups excluding carboxylic acids is 1. The van der Waals surface area contributed by atoms with Crippen molar-refractivity contribution in [2.24, 2.45) is 5.10 Å². The Kier molecular flexibility index (Phi) is 5.58. The molecule has 27 heavy (non-hydrogen) atoms. The predicted octanol–water partition coefficient (Wildman–Crippen LogP) is 4.05. The SMILES string of the molecule is CC(C)n1nc(C(=O)N/N=C\c2ccc(Cl)cc2Cl)c2ccccc2c1=O. The minimum atomic E-state index is -0.526. The van der Waals surface area contributed by atoms with Crippen LogP contribution in [0.4, 0.5) is 0 Å². The van der Waals surface area contributed by atoms with E-state index in [9.17, 15) is 9.59 Å². The highest BCUT2D eigenvalue weighted by atomic mass is 35.5. The van der Waals surface area contributed by atoms with Crippen LogP contribution < -0.4 is 11.0 Å². The minimum absolute atomic E-state index is 0.123. The van der Waals surface area contributed by atoms with Crippen molar-refractivity contribution in [3.8, 4) is 0 Å². The Morgan fingerprint density at radius 1 is 1.19 bits per heavy atom. The normalized spacial score (nSPS) is 11.4. The second-order valence-electron chi connectivity index (χ2n) is 6.10. The maximum atomic E-state index is 12.6. The Balaban J connectivity index is 1.95. The smallest absolute Gasteiger partial charge is 0.267 e. The molecule has 0 unspecified atom stereocenters. The lowest BCUT2D eigenvalue weighted by atomic mass is 10.1. The fourth-order valence-corrected chi connectivity index (χ4v) is 3.00. The number of aromatic nitrogens is 2. The fourth-order valence-electron chi connectivity index (χ4n) is 2.54. The van der Waals surface area contributed by atoms with Crippen LogP contribution in [-0.4, -0.2) is 21.9 Å². The highest BCUT2D eigenvalue weighted by Gasteiger charge is 2.17. The molecule has 138 valence electrons. The fraction of sp³-hybridized carbons (Fsp3) is 0.158. The third-order valence-corrected chi connectivity index (χ3v) is 4.43. The van der Waals surface area contributed by atoms with Gasteiger partial charge < -0.3 is 0 Å². The van der Waals surface area contributed by atoms with Gasteiger partial charge in [0.25, 0.3) is 11.5 Å². The molecule has 0 spiro atoms. The third kappa shape index (κ3) is 4.02. The molecule has 0 fully saturated rings. The average Bonchev–Trinajstić information content (AvgIpc) is 2.63. The highest BCUT2D eigenvalue weighted by Crippen LogP contribution is 2.19. The van der Waals surface area contributed by atoms with Gasteiger partial charge in [0.1, 0.15) is 0 Å². The Morgan fingerprint density at radius 3 is 2.56 bits per heavy atom. The molecule has 0 atom stereocenters. The van der Waals surface area contributed by atoms with Gasteiger partial charge in [0.15, 0.2) is 5.69 Å². The van der Waals surface area contributed by atoms with Crippen molar-refractivity contribution < 1.29 is 4.79 Å². The minimum Gasteiger partial charge on any atom is -0.267 e. The van der Waals surface area contributed by atoms with Crippen LogP contribution in [-0.2, 0) is 0 Å². The number of amides is 1. The summed E-state index contributed by atoms with van der Waals surface area (Å²) in [5.74, 6) is -0.526. The largest absolute Gasteiger partial charge is 0.292 e. The van der Waals surface area contributed by atoms with E-state index in [1.165, 1.54) is 10.9 Å². The van der Waals surface area contributed by atoms with E-state index in [0.29, 0.717) is 26.4 Å². The van der Waals surface area contributed by atoms with Crippen LogP contribution in [0, 0.1) is 0 Å². The van der Waals surface area contributed by atoms with Crippen LogP contribution in [0.25, 0.3) is 10.8 Å². The molecule has 0 bridgehead atoms. The Labute approximate surface area is 165 Å². The predicted molar refractivity (Wildman–Crippen MR) is 108 cm³/mol.